The maximum Gasteiger partial charge on any atom is 0.248 e. The molecule has 3 N–H and O–H groups in total. The highest BCUT2D eigenvalue weighted by molar-refractivity contribution is 6.01. The van der Waals surface area contributed by atoms with Crippen molar-refractivity contribution in [3.8, 4) is 0 Å². The van der Waals surface area contributed by atoms with Gasteiger partial charge in [0.2, 0.25) is 11.8 Å². The monoisotopic (exact) mass is 273 g/mol. The second-order valence-corrected chi connectivity index (χ2v) is 5.45. The molecule has 2 amide bonds. The van der Waals surface area contributed by atoms with Crippen molar-refractivity contribution in [3.63, 3.8) is 0 Å². The van der Waals surface area contributed by atoms with Crippen LogP contribution in [0.2, 0.25) is 0 Å². The van der Waals surface area contributed by atoms with E-state index in [1.807, 2.05) is 6.07 Å². The van der Waals surface area contributed by atoms with E-state index in [4.69, 9.17) is 5.73 Å². The summed E-state index contributed by atoms with van der Waals surface area (Å²) in [5.74, 6) is -0.340. The van der Waals surface area contributed by atoms with Crippen molar-refractivity contribution in [2.45, 2.75) is 31.7 Å². The van der Waals surface area contributed by atoms with Gasteiger partial charge < -0.3 is 16.0 Å². The molecule has 2 aliphatic heterocycles. The number of fused-ring (bicyclic) bond motifs is 1. The van der Waals surface area contributed by atoms with Crippen LogP contribution in [0.25, 0.3) is 0 Å². The highest BCUT2D eigenvalue weighted by atomic mass is 16.2. The van der Waals surface area contributed by atoms with E-state index in [1.54, 1.807) is 17.0 Å². The number of carbonyl (C=O) groups is 2. The molecular weight excluding hydrogens is 254 g/mol. The lowest BCUT2D eigenvalue weighted by molar-refractivity contribution is -0.121. The lowest BCUT2D eigenvalue weighted by atomic mass is 10.0. The minimum atomic E-state index is -0.456. The number of anilines is 1. The van der Waals surface area contributed by atoms with Crippen LogP contribution in [0.15, 0.2) is 18.2 Å². The van der Waals surface area contributed by atoms with Crippen molar-refractivity contribution in [3.05, 3.63) is 29.3 Å². The second kappa shape index (κ2) is 5.25. The van der Waals surface area contributed by atoms with Gasteiger partial charge in [-0.2, -0.15) is 0 Å². The molecule has 20 heavy (non-hydrogen) atoms. The molecule has 3 rings (SSSR count). The van der Waals surface area contributed by atoms with E-state index in [-0.39, 0.29) is 11.9 Å². The van der Waals surface area contributed by atoms with Gasteiger partial charge in [0.25, 0.3) is 0 Å². The minimum absolute atomic E-state index is 0.0908. The molecule has 5 heteroatoms. The highest BCUT2D eigenvalue weighted by Gasteiger charge is 2.31. The summed E-state index contributed by atoms with van der Waals surface area (Å²) in [6.07, 6.45) is 3.95. The molecule has 0 saturated carbocycles. The Labute approximate surface area is 118 Å². The van der Waals surface area contributed by atoms with E-state index in [0.29, 0.717) is 12.1 Å². The zero-order chi connectivity index (χ0) is 14.1. The molecule has 1 aromatic carbocycles. The van der Waals surface area contributed by atoms with Gasteiger partial charge in [0.05, 0.1) is 6.04 Å². The number of nitrogens with zero attached hydrogens (tertiary/aromatic N) is 1. The van der Waals surface area contributed by atoms with Crippen LogP contribution >= 0.6 is 0 Å². The Morgan fingerprint density at radius 1 is 1.30 bits per heavy atom. The topological polar surface area (TPSA) is 75.4 Å². The molecule has 1 unspecified atom stereocenters. The second-order valence-electron chi connectivity index (χ2n) is 5.45. The van der Waals surface area contributed by atoms with Crippen LogP contribution in [0.5, 0.6) is 0 Å². The number of amides is 2. The Balaban J connectivity index is 1.85. The maximum absolute atomic E-state index is 12.6. The number of piperidine rings is 1. The van der Waals surface area contributed by atoms with Crippen molar-refractivity contribution in [2.24, 2.45) is 5.73 Å². The molecule has 5 nitrogen and oxygen atoms in total. The quantitative estimate of drug-likeness (QED) is 0.837. The van der Waals surface area contributed by atoms with Crippen LogP contribution in [-0.4, -0.2) is 30.9 Å². The molecule has 106 valence electrons. The first kappa shape index (κ1) is 13.1. The van der Waals surface area contributed by atoms with Crippen molar-refractivity contribution >= 4 is 17.5 Å². The number of carbonyl (C=O) groups excluding carboxylic acids is 2. The number of nitrogens with one attached hydrogen (secondary N) is 1. The van der Waals surface area contributed by atoms with E-state index in [1.165, 1.54) is 0 Å². The third kappa shape index (κ3) is 2.29. The largest absolute Gasteiger partial charge is 0.366 e. The SMILES string of the molecule is NC(=O)c1ccc2c(c1)N(C(=O)C1CCCCN1)CC2. The smallest absolute Gasteiger partial charge is 0.248 e. The summed E-state index contributed by atoms with van der Waals surface area (Å²) in [5.41, 5.74) is 7.73. The van der Waals surface area contributed by atoms with Gasteiger partial charge in [-0.1, -0.05) is 12.5 Å². The fourth-order valence-corrected chi connectivity index (χ4v) is 3.01. The van der Waals surface area contributed by atoms with Gasteiger partial charge >= 0.3 is 0 Å². The number of benzene rings is 1. The molecule has 0 bridgehead atoms. The highest BCUT2D eigenvalue weighted by Crippen LogP contribution is 2.30. The molecule has 1 saturated heterocycles. The van der Waals surface area contributed by atoms with Crippen LogP contribution < -0.4 is 16.0 Å². The van der Waals surface area contributed by atoms with E-state index < -0.39 is 5.91 Å². The first-order valence-electron chi connectivity index (χ1n) is 7.14. The predicted molar refractivity (Wildman–Crippen MR) is 76.7 cm³/mol. The van der Waals surface area contributed by atoms with Gasteiger partial charge in [-0.25, -0.2) is 0 Å². The van der Waals surface area contributed by atoms with E-state index in [2.05, 4.69) is 5.32 Å². The first-order chi connectivity index (χ1) is 9.66. The van der Waals surface area contributed by atoms with Gasteiger partial charge in [0.15, 0.2) is 0 Å². The molecule has 0 spiro atoms. The van der Waals surface area contributed by atoms with Gasteiger partial charge in [-0.3, -0.25) is 9.59 Å². The van der Waals surface area contributed by atoms with E-state index >= 15 is 0 Å². The Kier molecular flexibility index (Phi) is 3.44. The third-order valence-electron chi connectivity index (χ3n) is 4.14. The van der Waals surface area contributed by atoms with Gasteiger partial charge in [0, 0.05) is 17.8 Å². The molecular formula is C15H19N3O2. The van der Waals surface area contributed by atoms with Crippen LogP contribution in [0.3, 0.4) is 0 Å². The Hall–Kier alpha value is -1.88. The number of rotatable bonds is 2. The lowest BCUT2D eigenvalue weighted by Crippen LogP contribution is -2.48. The molecule has 0 aliphatic carbocycles. The molecule has 1 aromatic rings. The van der Waals surface area contributed by atoms with Gasteiger partial charge in [-0.05, 0) is 43.5 Å². The van der Waals surface area contributed by atoms with E-state index in [9.17, 15) is 9.59 Å². The maximum atomic E-state index is 12.6. The summed E-state index contributed by atoms with van der Waals surface area (Å²) in [4.78, 5) is 25.7. The summed E-state index contributed by atoms with van der Waals surface area (Å²) in [6, 6.07) is 5.28. The standard InChI is InChI=1S/C15H19N3O2/c16-14(19)11-5-4-10-6-8-18(13(10)9-11)15(20)12-3-1-2-7-17-12/h4-5,9,12,17H,1-3,6-8H2,(H2,16,19). The zero-order valence-electron chi connectivity index (χ0n) is 11.4. The Morgan fingerprint density at radius 3 is 2.85 bits per heavy atom. The summed E-state index contributed by atoms with van der Waals surface area (Å²) in [7, 11) is 0. The van der Waals surface area contributed by atoms with Crippen LogP contribution in [0.1, 0.15) is 35.2 Å². The summed E-state index contributed by atoms with van der Waals surface area (Å²) < 4.78 is 0. The number of hydrogen-bond acceptors (Lipinski definition) is 3. The number of hydrogen-bond donors (Lipinski definition) is 2. The van der Waals surface area contributed by atoms with Crippen molar-refractivity contribution in [2.75, 3.05) is 18.0 Å². The fourth-order valence-electron chi connectivity index (χ4n) is 3.01. The average Bonchev–Trinajstić information content (AvgIpc) is 2.90. The fraction of sp³-hybridized carbons (Fsp3) is 0.467. The molecule has 0 aromatic heterocycles. The summed E-state index contributed by atoms with van der Waals surface area (Å²) >= 11 is 0. The molecule has 2 aliphatic rings. The average molecular weight is 273 g/mol. The predicted octanol–water partition coefficient (Wildman–Crippen LogP) is 0.817. The van der Waals surface area contributed by atoms with E-state index in [0.717, 1.165) is 43.5 Å². The normalized spacial score (nSPS) is 21.6. The zero-order valence-corrected chi connectivity index (χ0v) is 11.4. The minimum Gasteiger partial charge on any atom is -0.366 e. The summed E-state index contributed by atoms with van der Waals surface area (Å²) in [5, 5.41) is 3.28. The van der Waals surface area contributed by atoms with Crippen molar-refractivity contribution in [1.82, 2.24) is 5.32 Å². The van der Waals surface area contributed by atoms with Crippen molar-refractivity contribution in [1.29, 1.82) is 0 Å². The Bertz CT molecular complexity index is 550. The number of primary amides is 1. The Morgan fingerprint density at radius 2 is 2.15 bits per heavy atom. The van der Waals surface area contributed by atoms with Crippen LogP contribution in [0.4, 0.5) is 5.69 Å². The van der Waals surface area contributed by atoms with Gasteiger partial charge in [-0.15, -0.1) is 0 Å². The molecule has 0 radical (unpaired) electrons. The molecule has 1 atom stereocenters. The third-order valence-corrected chi connectivity index (χ3v) is 4.14. The summed E-state index contributed by atoms with van der Waals surface area (Å²) in [6.45, 7) is 1.59. The van der Waals surface area contributed by atoms with Gasteiger partial charge in [0.1, 0.15) is 0 Å². The van der Waals surface area contributed by atoms with Crippen LogP contribution in [-0.2, 0) is 11.2 Å². The van der Waals surface area contributed by atoms with Crippen molar-refractivity contribution < 1.29 is 9.59 Å². The lowest BCUT2D eigenvalue weighted by Gasteiger charge is -2.27. The first-order valence-corrected chi connectivity index (χ1v) is 7.14. The molecule has 1 fully saturated rings. The van der Waals surface area contributed by atoms with Crippen LogP contribution in [0, 0.1) is 0 Å². The molecule has 2 heterocycles. The number of nitrogens with two attached hydrogens (primary N) is 1.